The van der Waals surface area contributed by atoms with E-state index in [-0.39, 0.29) is 11.4 Å². The Hall–Kier alpha value is 0.430. The van der Waals surface area contributed by atoms with Gasteiger partial charge in [-0.15, -0.1) is 0 Å². The summed E-state index contributed by atoms with van der Waals surface area (Å²) in [7, 11) is 0. The minimum absolute atomic E-state index is 0.128. The van der Waals surface area contributed by atoms with Crippen LogP contribution in [-0.4, -0.2) is 21.1 Å². The molecular weight excluding hydrogens is 358 g/mol. The fourth-order valence-corrected chi connectivity index (χ4v) is 5.05. The Morgan fingerprint density at radius 2 is 1.67 bits per heavy atom. The van der Waals surface area contributed by atoms with Gasteiger partial charge in [-0.05, 0) is 63.2 Å². The lowest BCUT2D eigenvalue weighted by Gasteiger charge is -2.57. The average Bonchev–Trinajstić information content (AvgIpc) is 2.26. The number of halogens is 2. The van der Waals surface area contributed by atoms with Crippen molar-refractivity contribution in [1.82, 2.24) is 5.32 Å². The van der Waals surface area contributed by atoms with Crippen LogP contribution in [0.2, 0.25) is 0 Å². The van der Waals surface area contributed by atoms with Crippen LogP contribution < -0.4 is 5.32 Å². The number of alkyl halides is 2. The number of amides is 1. The Kier molecular flexibility index (Phi) is 3.33. The van der Waals surface area contributed by atoms with Crippen molar-refractivity contribution in [2.24, 2.45) is 17.8 Å². The standard InChI is InChI=1S/C14H21Br2NO/c1-13(16,8-15)12(18)17-14-5-9-2-10(6-14)4-11(3-9)7-14/h9-11H,2-8H2,1H3,(H,17,18)/t9?,10?,11?,13-,14?/m0/s1. The van der Waals surface area contributed by atoms with Crippen molar-refractivity contribution in [3.63, 3.8) is 0 Å². The van der Waals surface area contributed by atoms with Crippen molar-refractivity contribution >= 4 is 37.8 Å². The van der Waals surface area contributed by atoms with E-state index in [1.54, 1.807) is 0 Å². The van der Waals surface area contributed by atoms with Crippen LogP contribution in [0.15, 0.2) is 0 Å². The summed E-state index contributed by atoms with van der Waals surface area (Å²) in [6.07, 6.45) is 7.90. The van der Waals surface area contributed by atoms with Crippen molar-refractivity contribution < 1.29 is 4.79 Å². The Morgan fingerprint density at radius 3 is 2.06 bits per heavy atom. The number of carbonyl (C=O) groups is 1. The fraction of sp³-hybridized carbons (Fsp3) is 0.929. The number of hydrogen-bond acceptors (Lipinski definition) is 1. The molecule has 0 aromatic rings. The number of carbonyl (C=O) groups excluding carboxylic acids is 1. The molecule has 18 heavy (non-hydrogen) atoms. The zero-order valence-corrected chi connectivity index (χ0v) is 14.0. The van der Waals surface area contributed by atoms with Gasteiger partial charge in [-0.25, -0.2) is 0 Å². The van der Waals surface area contributed by atoms with Crippen molar-refractivity contribution in [2.45, 2.75) is 55.3 Å². The van der Waals surface area contributed by atoms with Crippen LogP contribution in [0.1, 0.15) is 45.4 Å². The van der Waals surface area contributed by atoms with Gasteiger partial charge in [0.1, 0.15) is 4.32 Å². The summed E-state index contributed by atoms with van der Waals surface area (Å²) in [5.74, 6) is 2.78. The first-order valence-electron chi connectivity index (χ1n) is 7.00. The molecule has 4 aliphatic rings. The first-order chi connectivity index (χ1) is 8.42. The highest BCUT2D eigenvalue weighted by molar-refractivity contribution is 9.12. The van der Waals surface area contributed by atoms with Gasteiger partial charge in [0.2, 0.25) is 5.91 Å². The summed E-state index contributed by atoms with van der Waals surface area (Å²) in [5, 5.41) is 4.05. The van der Waals surface area contributed by atoms with Crippen molar-refractivity contribution in [3.05, 3.63) is 0 Å². The zero-order valence-electron chi connectivity index (χ0n) is 10.8. The molecule has 1 amide bonds. The summed E-state index contributed by atoms with van der Waals surface area (Å²) < 4.78 is -0.476. The molecule has 4 bridgehead atoms. The van der Waals surface area contributed by atoms with E-state index < -0.39 is 4.32 Å². The van der Waals surface area contributed by atoms with Crippen LogP contribution in [0.3, 0.4) is 0 Å². The van der Waals surface area contributed by atoms with Gasteiger partial charge in [-0.3, -0.25) is 4.79 Å². The lowest BCUT2D eigenvalue weighted by Crippen LogP contribution is -2.62. The van der Waals surface area contributed by atoms with Crippen LogP contribution in [0.4, 0.5) is 0 Å². The zero-order chi connectivity index (χ0) is 13.0. The normalized spacial score (nSPS) is 44.7. The van der Waals surface area contributed by atoms with Crippen LogP contribution >= 0.6 is 31.9 Å². The van der Waals surface area contributed by atoms with Gasteiger partial charge in [-0.1, -0.05) is 31.9 Å². The molecule has 0 spiro atoms. The van der Waals surface area contributed by atoms with E-state index in [1.165, 1.54) is 38.5 Å². The molecule has 2 nitrogen and oxygen atoms in total. The lowest BCUT2D eigenvalue weighted by atomic mass is 9.53. The van der Waals surface area contributed by atoms with Crippen molar-refractivity contribution in [2.75, 3.05) is 5.33 Å². The van der Waals surface area contributed by atoms with E-state index in [0.717, 1.165) is 17.8 Å². The lowest BCUT2D eigenvalue weighted by molar-refractivity contribution is -0.128. The molecule has 4 heteroatoms. The van der Waals surface area contributed by atoms with Gasteiger partial charge < -0.3 is 5.32 Å². The maximum absolute atomic E-state index is 12.4. The molecule has 0 heterocycles. The van der Waals surface area contributed by atoms with Crippen LogP contribution in [0.5, 0.6) is 0 Å². The number of nitrogens with one attached hydrogen (secondary N) is 1. The summed E-state index contributed by atoms with van der Waals surface area (Å²) in [4.78, 5) is 12.4. The van der Waals surface area contributed by atoms with Gasteiger partial charge in [0.25, 0.3) is 0 Å². The first kappa shape index (κ1) is 13.4. The number of rotatable bonds is 3. The minimum Gasteiger partial charge on any atom is -0.349 e. The third-order valence-electron chi connectivity index (χ3n) is 5.14. The second kappa shape index (κ2) is 4.47. The molecule has 4 saturated carbocycles. The molecule has 102 valence electrons. The van der Waals surface area contributed by atoms with E-state index in [1.807, 2.05) is 6.92 Å². The van der Waals surface area contributed by atoms with Crippen LogP contribution in [0, 0.1) is 17.8 Å². The summed E-state index contributed by atoms with van der Waals surface area (Å²) in [5.41, 5.74) is 0.128. The summed E-state index contributed by atoms with van der Waals surface area (Å²) >= 11 is 6.94. The highest BCUT2D eigenvalue weighted by Crippen LogP contribution is 2.55. The highest BCUT2D eigenvalue weighted by atomic mass is 79.9. The first-order valence-corrected chi connectivity index (χ1v) is 8.91. The highest BCUT2D eigenvalue weighted by Gasteiger charge is 2.52. The monoisotopic (exact) mass is 377 g/mol. The molecule has 0 radical (unpaired) electrons. The van der Waals surface area contributed by atoms with E-state index >= 15 is 0 Å². The third-order valence-corrected chi connectivity index (χ3v) is 7.66. The SMILES string of the molecule is C[C@](Br)(CBr)C(=O)NC12CC3CC(CC(C3)C1)C2. The summed E-state index contributed by atoms with van der Waals surface area (Å²) in [6, 6.07) is 0. The predicted molar refractivity (Wildman–Crippen MR) is 80.2 cm³/mol. The molecule has 0 aromatic carbocycles. The van der Waals surface area contributed by atoms with E-state index in [9.17, 15) is 4.79 Å². The second-order valence-electron chi connectivity index (χ2n) is 6.98. The molecular formula is C14H21Br2NO. The minimum atomic E-state index is -0.476. The molecule has 0 aliphatic heterocycles. The van der Waals surface area contributed by atoms with Crippen LogP contribution in [0.25, 0.3) is 0 Å². The molecule has 0 saturated heterocycles. The second-order valence-corrected chi connectivity index (χ2v) is 9.29. The Bertz CT molecular complexity index is 332. The van der Waals surface area contributed by atoms with Gasteiger partial charge in [0, 0.05) is 10.9 Å². The molecule has 0 aromatic heterocycles. The van der Waals surface area contributed by atoms with Crippen molar-refractivity contribution in [1.29, 1.82) is 0 Å². The van der Waals surface area contributed by atoms with Gasteiger partial charge in [0.15, 0.2) is 0 Å². The van der Waals surface area contributed by atoms with E-state index in [4.69, 9.17) is 0 Å². The van der Waals surface area contributed by atoms with E-state index in [2.05, 4.69) is 37.2 Å². The third kappa shape index (κ3) is 2.28. The summed E-state index contributed by atoms with van der Waals surface area (Å²) in [6.45, 7) is 1.94. The molecule has 1 N–H and O–H groups in total. The fourth-order valence-electron chi connectivity index (χ4n) is 4.70. The number of hydrogen-bond donors (Lipinski definition) is 1. The quantitative estimate of drug-likeness (QED) is 0.746. The maximum atomic E-state index is 12.4. The predicted octanol–water partition coefficient (Wildman–Crippen LogP) is 3.62. The Labute approximate surface area is 126 Å². The van der Waals surface area contributed by atoms with Crippen molar-refractivity contribution in [3.8, 4) is 0 Å². The largest absolute Gasteiger partial charge is 0.349 e. The molecule has 1 atom stereocenters. The van der Waals surface area contributed by atoms with Gasteiger partial charge in [0.05, 0.1) is 0 Å². The Balaban J connectivity index is 1.74. The van der Waals surface area contributed by atoms with Gasteiger partial charge >= 0.3 is 0 Å². The molecule has 4 rings (SSSR count). The molecule has 4 fully saturated rings. The van der Waals surface area contributed by atoms with E-state index in [0.29, 0.717) is 5.33 Å². The van der Waals surface area contributed by atoms with Gasteiger partial charge in [-0.2, -0.15) is 0 Å². The average molecular weight is 379 g/mol. The maximum Gasteiger partial charge on any atom is 0.237 e. The Morgan fingerprint density at radius 1 is 1.22 bits per heavy atom. The smallest absolute Gasteiger partial charge is 0.237 e. The molecule has 0 unspecified atom stereocenters. The topological polar surface area (TPSA) is 29.1 Å². The molecule has 4 aliphatic carbocycles. The van der Waals surface area contributed by atoms with Crippen LogP contribution in [-0.2, 0) is 4.79 Å².